The van der Waals surface area contributed by atoms with Crippen LogP contribution in [0, 0.1) is 0 Å². The number of aromatic carboxylic acids is 1. The Bertz CT molecular complexity index is 326. The first kappa shape index (κ1) is 11.5. The molecule has 0 saturated heterocycles. The summed E-state index contributed by atoms with van der Waals surface area (Å²) in [5.74, 6) is -0.943. The molecule has 0 saturated carbocycles. The largest absolute Gasteiger partial charge is 0.478 e. The van der Waals surface area contributed by atoms with E-state index in [0.29, 0.717) is 5.69 Å². The third-order valence-electron chi connectivity index (χ3n) is 2.15. The van der Waals surface area contributed by atoms with E-state index >= 15 is 0 Å². The van der Waals surface area contributed by atoms with Crippen LogP contribution in [0.5, 0.6) is 0 Å². The summed E-state index contributed by atoms with van der Waals surface area (Å²) < 4.78 is 0. The van der Waals surface area contributed by atoms with Crippen LogP contribution in [-0.4, -0.2) is 22.6 Å². The summed E-state index contributed by atoms with van der Waals surface area (Å²) in [4.78, 5) is 14.6. The van der Waals surface area contributed by atoms with Crippen molar-refractivity contribution in [3.8, 4) is 0 Å². The minimum absolute atomic E-state index is 0.231. The monoisotopic (exact) mass is 208 g/mol. The lowest BCUT2D eigenvalue weighted by atomic mass is 10.2. The van der Waals surface area contributed by atoms with Gasteiger partial charge in [0.1, 0.15) is 5.56 Å². The van der Waals surface area contributed by atoms with Gasteiger partial charge in [-0.25, -0.2) is 4.79 Å². The molecule has 0 spiro atoms. The van der Waals surface area contributed by atoms with E-state index < -0.39 is 5.97 Å². The van der Waals surface area contributed by atoms with Crippen molar-refractivity contribution in [2.24, 2.45) is 0 Å². The smallest absolute Gasteiger partial charge is 0.339 e. The zero-order chi connectivity index (χ0) is 11.1. The number of rotatable bonds is 6. The maximum atomic E-state index is 10.8. The number of carbonyl (C=O) groups is 1. The number of pyridine rings is 1. The summed E-state index contributed by atoms with van der Waals surface area (Å²) in [6.07, 6.45) is 6.32. The highest BCUT2D eigenvalue weighted by molar-refractivity contribution is 5.93. The van der Waals surface area contributed by atoms with Crippen molar-refractivity contribution in [2.75, 3.05) is 11.9 Å². The highest BCUT2D eigenvalue weighted by Gasteiger charge is 2.08. The molecule has 1 aromatic rings. The van der Waals surface area contributed by atoms with Gasteiger partial charge in [-0.15, -0.1) is 0 Å². The van der Waals surface area contributed by atoms with Crippen LogP contribution < -0.4 is 5.32 Å². The number of nitrogens with zero attached hydrogens (tertiary/aromatic N) is 1. The summed E-state index contributed by atoms with van der Waals surface area (Å²) in [6, 6.07) is 1.69. The van der Waals surface area contributed by atoms with Crippen molar-refractivity contribution in [1.82, 2.24) is 4.98 Å². The molecule has 0 fully saturated rings. The number of carboxylic acids is 1. The Balaban J connectivity index is 2.56. The van der Waals surface area contributed by atoms with Crippen molar-refractivity contribution in [2.45, 2.75) is 26.2 Å². The van der Waals surface area contributed by atoms with Gasteiger partial charge >= 0.3 is 5.97 Å². The molecule has 4 heteroatoms. The van der Waals surface area contributed by atoms with Gasteiger partial charge in [0.15, 0.2) is 0 Å². The van der Waals surface area contributed by atoms with Crippen molar-refractivity contribution in [3.05, 3.63) is 24.0 Å². The molecule has 1 rings (SSSR count). The Labute approximate surface area is 89.3 Å². The lowest BCUT2D eigenvalue weighted by Crippen LogP contribution is -2.07. The molecule has 0 unspecified atom stereocenters. The van der Waals surface area contributed by atoms with Gasteiger partial charge < -0.3 is 10.4 Å². The highest BCUT2D eigenvalue weighted by atomic mass is 16.4. The maximum absolute atomic E-state index is 10.8. The van der Waals surface area contributed by atoms with Gasteiger partial charge in [0, 0.05) is 18.9 Å². The fourth-order valence-electron chi connectivity index (χ4n) is 1.32. The van der Waals surface area contributed by atoms with Gasteiger partial charge in [-0.1, -0.05) is 19.8 Å². The number of hydrogen-bond acceptors (Lipinski definition) is 3. The Morgan fingerprint density at radius 2 is 2.33 bits per heavy atom. The van der Waals surface area contributed by atoms with E-state index in [1.54, 1.807) is 12.3 Å². The summed E-state index contributed by atoms with van der Waals surface area (Å²) in [5.41, 5.74) is 0.877. The molecule has 0 atom stereocenters. The van der Waals surface area contributed by atoms with Crippen LogP contribution in [-0.2, 0) is 0 Å². The Morgan fingerprint density at radius 3 is 3.00 bits per heavy atom. The quantitative estimate of drug-likeness (QED) is 0.704. The topological polar surface area (TPSA) is 62.2 Å². The molecule has 82 valence electrons. The molecule has 0 radical (unpaired) electrons. The Morgan fingerprint density at radius 1 is 1.53 bits per heavy atom. The highest BCUT2D eigenvalue weighted by Crippen LogP contribution is 2.13. The SMILES string of the molecule is CCCCCNc1ccncc1C(=O)O. The van der Waals surface area contributed by atoms with E-state index in [4.69, 9.17) is 5.11 Å². The molecule has 0 amide bonds. The molecule has 0 bridgehead atoms. The standard InChI is InChI=1S/C11H16N2O2/c1-2-3-4-6-13-10-5-7-12-8-9(10)11(14)15/h5,7-8H,2-4,6H2,1H3,(H,12,13)(H,14,15). The van der Waals surface area contributed by atoms with E-state index in [1.165, 1.54) is 6.20 Å². The predicted molar refractivity (Wildman–Crippen MR) is 59.2 cm³/mol. The third-order valence-corrected chi connectivity index (χ3v) is 2.15. The zero-order valence-electron chi connectivity index (χ0n) is 8.86. The summed E-state index contributed by atoms with van der Waals surface area (Å²) in [6.45, 7) is 2.94. The van der Waals surface area contributed by atoms with Gasteiger partial charge in [0.2, 0.25) is 0 Å². The molecule has 0 aliphatic heterocycles. The lowest BCUT2D eigenvalue weighted by molar-refractivity contribution is 0.0697. The van der Waals surface area contributed by atoms with Crippen LogP contribution in [0.15, 0.2) is 18.5 Å². The van der Waals surface area contributed by atoms with Gasteiger partial charge in [0.05, 0.1) is 5.69 Å². The van der Waals surface area contributed by atoms with Crippen LogP contribution >= 0.6 is 0 Å². The average Bonchev–Trinajstić information content (AvgIpc) is 2.25. The number of nitrogens with one attached hydrogen (secondary N) is 1. The lowest BCUT2D eigenvalue weighted by Gasteiger charge is -2.08. The first-order chi connectivity index (χ1) is 7.25. The van der Waals surface area contributed by atoms with Gasteiger partial charge in [-0.05, 0) is 12.5 Å². The fourth-order valence-corrected chi connectivity index (χ4v) is 1.32. The van der Waals surface area contributed by atoms with E-state index in [-0.39, 0.29) is 5.56 Å². The summed E-state index contributed by atoms with van der Waals surface area (Å²) in [5, 5.41) is 12.0. The van der Waals surface area contributed by atoms with Crippen LogP contribution in [0.4, 0.5) is 5.69 Å². The minimum atomic E-state index is -0.943. The van der Waals surface area contributed by atoms with E-state index in [2.05, 4.69) is 17.2 Å². The second-order valence-electron chi connectivity index (χ2n) is 3.36. The molecule has 1 aromatic heterocycles. The van der Waals surface area contributed by atoms with Gasteiger partial charge in [-0.2, -0.15) is 0 Å². The van der Waals surface area contributed by atoms with E-state index in [9.17, 15) is 4.79 Å². The van der Waals surface area contributed by atoms with Crippen molar-refractivity contribution >= 4 is 11.7 Å². The molecule has 1 heterocycles. The van der Waals surface area contributed by atoms with Crippen LogP contribution in [0.25, 0.3) is 0 Å². The van der Waals surface area contributed by atoms with Crippen LogP contribution in [0.1, 0.15) is 36.5 Å². The molecule has 0 aliphatic carbocycles. The number of aromatic nitrogens is 1. The van der Waals surface area contributed by atoms with Crippen LogP contribution in [0.3, 0.4) is 0 Å². The number of carboxylic acid groups (broad SMARTS) is 1. The third kappa shape index (κ3) is 3.58. The zero-order valence-corrected chi connectivity index (χ0v) is 8.86. The molecule has 0 aliphatic rings. The second kappa shape index (κ2) is 6.01. The molecular formula is C11H16N2O2. The second-order valence-corrected chi connectivity index (χ2v) is 3.36. The fraction of sp³-hybridized carbons (Fsp3) is 0.455. The Kier molecular flexibility index (Phi) is 4.60. The molecule has 4 nitrogen and oxygen atoms in total. The molecule has 0 aromatic carbocycles. The number of hydrogen-bond donors (Lipinski definition) is 2. The maximum Gasteiger partial charge on any atom is 0.339 e. The predicted octanol–water partition coefficient (Wildman–Crippen LogP) is 2.38. The van der Waals surface area contributed by atoms with Gasteiger partial charge in [0.25, 0.3) is 0 Å². The number of anilines is 1. The number of unbranched alkanes of at least 4 members (excludes halogenated alkanes) is 2. The molecular weight excluding hydrogens is 192 g/mol. The van der Waals surface area contributed by atoms with E-state index in [1.807, 2.05) is 0 Å². The van der Waals surface area contributed by atoms with Gasteiger partial charge in [-0.3, -0.25) is 4.98 Å². The minimum Gasteiger partial charge on any atom is -0.478 e. The summed E-state index contributed by atoms with van der Waals surface area (Å²) in [7, 11) is 0. The van der Waals surface area contributed by atoms with E-state index in [0.717, 1.165) is 25.8 Å². The first-order valence-electron chi connectivity index (χ1n) is 5.17. The molecule has 2 N–H and O–H groups in total. The first-order valence-corrected chi connectivity index (χ1v) is 5.17. The van der Waals surface area contributed by atoms with Crippen LogP contribution in [0.2, 0.25) is 0 Å². The van der Waals surface area contributed by atoms with Crippen molar-refractivity contribution in [3.63, 3.8) is 0 Å². The average molecular weight is 208 g/mol. The van der Waals surface area contributed by atoms with Crippen molar-refractivity contribution < 1.29 is 9.90 Å². The Hall–Kier alpha value is -1.58. The normalized spacial score (nSPS) is 9.93. The molecule has 15 heavy (non-hydrogen) atoms. The van der Waals surface area contributed by atoms with Crippen molar-refractivity contribution in [1.29, 1.82) is 0 Å². The summed E-state index contributed by atoms with van der Waals surface area (Å²) >= 11 is 0.